The molecule has 98 valence electrons. The highest BCUT2D eigenvalue weighted by molar-refractivity contribution is 5.94. The number of hydrogen-bond acceptors (Lipinski definition) is 4. The number of anilines is 3. The minimum Gasteiger partial charge on any atom is -0.478 e. The maximum atomic E-state index is 11.0. The topological polar surface area (TPSA) is 88.2 Å². The lowest BCUT2D eigenvalue weighted by Gasteiger charge is -2.09. The molecule has 0 bridgehead atoms. The Bertz CT molecular complexity index is 618. The predicted octanol–water partition coefficient (Wildman–Crippen LogP) is 2.72. The van der Waals surface area contributed by atoms with Gasteiger partial charge < -0.3 is 16.2 Å². The minimum absolute atomic E-state index is 0.0434. The van der Waals surface area contributed by atoms with Gasteiger partial charge in [-0.2, -0.15) is 0 Å². The van der Waals surface area contributed by atoms with Crippen LogP contribution in [0, 0.1) is 13.8 Å². The van der Waals surface area contributed by atoms with Gasteiger partial charge >= 0.3 is 5.97 Å². The molecule has 0 unspecified atom stereocenters. The SMILES string of the molecule is Cc1cc(C)cc(Nc2cc(C(=O)O)c(N)cn2)c1. The Hall–Kier alpha value is -2.56. The quantitative estimate of drug-likeness (QED) is 0.786. The van der Waals surface area contributed by atoms with E-state index in [0.29, 0.717) is 5.82 Å². The van der Waals surface area contributed by atoms with Crippen molar-refractivity contribution in [3.8, 4) is 0 Å². The van der Waals surface area contributed by atoms with Gasteiger partial charge in [0.2, 0.25) is 0 Å². The molecule has 5 nitrogen and oxygen atoms in total. The Morgan fingerprint density at radius 2 is 1.84 bits per heavy atom. The number of aryl methyl sites for hydroxylation is 2. The number of pyridine rings is 1. The van der Waals surface area contributed by atoms with Gasteiger partial charge in [-0.3, -0.25) is 0 Å². The first kappa shape index (κ1) is 12.9. The van der Waals surface area contributed by atoms with Crippen LogP contribution in [-0.2, 0) is 0 Å². The van der Waals surface area contributed by atoms with Crippen LogP contribution in [0.4, 0.5) is 17.2 Å². The summed E-state index contributed by atoms with van der Waals surface area (Å²) in [6, 6.07) is 7.41. The third kappa shape index (κ3) is 3.01. The number of rotatable bonds is 3. The summed E-state index contributed by atoms with van der Waals surface area (Å²) in [7, 11) is 0. The third-order valence-corrected chi connectivity index (χ3v) is 2.66. The van der Waals surface area contributed by atoms with E-state index in [1.165, 1.54) is 12.3 Å². The molecule has 1 aromatic heterocycles. The molecule has 5 heteroatoms. The smallest absolute Gasteiger partial charge is 0.337 e. The van der Waals surface area contributed by atoms with E-state index in [2.05, 4.69) is 16.4 Å². The number of carbonyl (C=O) groups is 1. The monoisotopic (exact) mass is 257 g/mol. The molecule has 0 aliphatic rings. The molecule has 19 heavy (non-hydrogen) atoms. The number of carboxylic acid groups (broad SMARTS) is 1. The van der Waals surface area contributed by atoms with Crippen molar-refractivity contribution in [2.75, 3.05) is 11.1 Å². The number of carboxylic acids is 1. The summed E-state index contributed by atoms with van der Waals surface area (Å²) in [5.41, 5.74) is 8.87. The van der Waals surface area contributed by atoms with Crippen molar-refractivity contribution in [2.45, 2.75) is 13.8 Å². The zero-order valence-electron chi connectivity index (χ0n) is 10.8. The Labute approximate surface area is 111 Å². The summed E-state index contributed by atoms with van der Waals surface area (Å²) >= 11 is 0. The summed E-state index contributed by atoms with van der Waals surface area (Å²) in [4.78, 5) is 15.1. The van der Waals surface area contributed by atoms with Crippen LogP contribution in [0.1, 0.15) is 21.5 Å². The molecule has 0 saturated heterocycles. The van der Waals surface area contributed by atoms with E-state index in [0.717, 1.165) is 16.8 Å². The van der Waals surface area contributed by atoms with Crippen molar-refractivity contribution in [3.63, 3.8) is 0 Å². The highest BCUT2D eigenvalue weighted by atomic mass is 16.4. The van der Waals surface area contributed by atoms with Crippen LogP contribution in [0.5, 0.6) is 0 Å². The van der Waals surface area contributed by atoms with Gasteiger partial charge in [-0.1, -0.05) is 6.07 Å². The maximum absolute atomic E-state index is 11.0. The van der Waals surface area contributed by atoms with E-state index >= 15 is 0 Å². The molecule has 0 fully saturated rings. The number of nitrogens with one attached hydrogen (secondary N) is 1. The predicted molar refractivity (Wildman–Crippen MR) is 74.8 cm³/mol. The van der Waals surface area contributed by atoms with Gasteiger partial charge in [-0.15, -0.1) is 0 Å². The number of nitrogens with two attached hydrogens (primary N) is 1. The summed E-state index contributed by atoms with van der Waals surface area (Å²) in [6.45, 7) is 3.99. The Morgan fingerprint density at radius 3 is 2.42 bits per heavy atom. The van der Waals surface area contributed by atoms with E-state index < -0.39 is 5.97 Å². The lowest BCUT2D eigenvalue weighted by atomic mass is 10.1. The second-order valence-corrected chi connectivity index (χ2v) is 4.46. The van der Waals surface area contributed by atoms with Crippen LogP contribution in [-0.4, -0.2) is 16.1 Å². The normalized spacial score (nSPS) is 10.2. The Kier molecular flexibility index (Phi) is 3.37. The fraction of sp³-hybridized carbons (Fsp3) is 0.143. The molecule has 0 aliphatic carbocycles. The second kappa shape index (κ2) is 4.97. The summed E-state index contributed by atoms with van der Waals surface area (Å²) < 4.78 is 0. The van der Waals surface area contributed by atoms with Gasteiger partial charge in [0.15, 0.2) is 0 Å². The molecule has 2 aromatic rings. The molecule has 0 spiro atoms. The molecule has 0 radical (unpaired) electrons. The molecule has 0 amide bonds. The highest BCUT2D eigenvalue weighted by Crippen LogP contribution is 2.21. The molecule has 2 rings (SSSR count). The number of benzene rings is 1. The summed E-state index contributed by atoms with van der Waals surface area (Å²) in [5, 5.41) is 12.1. The van der Waals surface area contributed by atoms with E-state index in [1.54, 1.807) is 0 Å². The minimum atomic E-state index is -1.07. The maximum Gasteiger partial charge on any atom is 0.337 e. The fourth-order valence-electron chi connectivity index (χ4n) is 1.91. The molecule has 1 heterocycles. The van der Waals surface area contributed by atoms with Crippen molar-refractivity contribution in [1.29, 1.82) is 0 Å². The molecule has 1 aromatic carbocycles. The Balaban J connectivity index is 2.33. The van der Waals surface area contributed by atoms with E-state index in [1.807, 2.05) is 26.0 Å². The zero-order valence-corrected chi connectivity index (χ0v) is 10.8. The van der Waals surface area contributed by atoms with Gasteiger partial charge in [0.05, 0.1) is 17.4 Å². The average Bonchev–Trinajstić information content (AvgIpc) is 2.30. The van der Waals surface area contributed by atoms with Crippen molar-refractivity contribution in [3.05, 3.63) is 47.2 Å². The molecular weight excluding hydrogens is 242 g/mol. The lowest BCUT2D eigenvalue weighted by molar-refractivity contribution is 0.0698. The molecule has 0 saturated carbocycles. The first-order valence-corrected chi connectivity index (χ1v) is 5.80. The molecule has 4 N–H and O–H groups in total. The zero-order chi connectivity index (χ0) is 14.0. The van der Waals surface area contributed by atoms with Crippen molar-refractivity contribution < 1.29 is 9.90 Å². The van der Waals surface area contributed by atoms with Crippen molar-refractivity contribution in [1.82, 2.24) is 4.98 Å². The van der Waals surface area contributed by atoms with Crippen LogP contribution in [0.25, 0.3) is 0 Å². The van der Waals surface area contributed by atoms with E-state index in [4.69, 9.17) is 10.8 Å². The van der Waals surface area contributed by atoms with Crippen molar-refractivity contribution in [2.24, 2.45) is 0 Å². The Morgan fingerprint density at radius 1 is 1.21 bits per heavy atom. The van der Waals surface area contributed by atoms with E-state index in [9.17, 15) is 4.79 Å². The number of aromatic carboxylic acids is 1. The number of aromatic nitrogens is 1. The lowest BCUT2D eigenvalue weighted by Crippen LogP contribution is -2.05. The van der Waals surface area contributed by atoms with Gasteiger partial charge in [0, 0.05) is 5.69 Å². The first-order valence-electron chi connectivity index (χ1n) is 5.80. The number of nitrogen functional groups attached to an aromatic ring is 1. The van der Waals surface area contributed by atoms with Gasteiger partial charge in [-0.05, 0) is 43.2 Å². The summed E-state index contributed by atoms with van der Waals surface area (Å²) in [6.07, 6.45) is 1.34. The van der Waals surface area contributed by atoms with Gasteiger partial charge in [0.1, 0.15) is 5.82 Å². The van der Waals surface area contributed by atoms with Crippen LogP contribution >= 0.6 is 0 Å². The highest BCUT2D eigenvalue weighted by Gasteiger charge is 2.09. The third-order valence-electron chi connectivity index (χ3n) is 2.66. The molecule has 0 aliphatic heterocycles. The van der Waals surface area contributed by atoms with Crippen LogP contribution in [0.15, 0.2) is 30.5 Å². The van der Waals surface area contributed by atoms with Gasteiger partial charge in [0.25, 0.3) is 0 Å². The fourth-order valence-corrected chi connectivity index (χ4v) is 1.91. The first-order chi connectivity index (χ1) is 8.95. The molecule has 0 atom stereocenters. The number of hydrogen-bond donors (Lipinski definition) is 3. The van der Waals surface area contributed by atoms with Gasteiger partial charge in [-0.25, -0.2) is 9.78 Å². The van der Waals surface area contributed by atoms with Crippen LogP contribution in [0.2, 0.25) is 0 Å². The van der Waals surface area contributed by atoms with Crippen molar-refractivity contribution >= 4 is 23.2 Å². The second-order valence-electron chi connectivity index (χ2n) is 4.46. The van der Waals surface area contributed by atoms with E-state index in [-0.39, 0.29) is 11.3 Å². The number of nitrogens with zero attached hydrogens (tertiary/aromatic N) is 1. The van der Waals surface area contributed by atoms with Crippen LogP contribution in [0.3, 0.4) is 0 Å². The standard InChI is InChI=1S/C14H15N3O2/c1-8-3-9(2)5-10(4-8)17-13-6-11(14(18)19)12(15)7-16-13/h3-7H,15H2,1-2H3,(H,16,17)(H,18,19). The average molecular weight is 257 g/mol. The van der Waals surface area contributed by atoms with Crippen LogP contribution < -0.4 is 11.1 Å². The largest absolute Gasteiger partial charge is 0.478 e. The summed E-state index contributed by atoms with van der Waals surface area (Å²) in [5.74, 6) is -0.611. The molecular formula is C14H15N3O2.